The van der Waals surface area contributed by atoms with Crippen molar-refractivity contribution in [3.8, 4) is 5.75 Å². The Labute approximate surface area is 103 Å². The van der Waals surface area contributed by atoms with Crippen molar-refractivity contribution in [2.24, 2.45) is 0 Å². The molecule has 0 saturated carbocycles. The van der Waals surface area contributed by atoms with Gasteiger partial charge in [0.2, 0.25) is 0 Å². The maximum absolute atomic E-state index is 12.0. The van der Waals surface area contributed by atoms with Crippen molar-refractivity contribution in [3.05, 3.63) is 36.0 Å². The Balaban J connectivity index is 2.15. The van der Waals surface area contributed by atoms with E-state index in [0.717, 1.165) is 17.9 Å². The van der Waals surface area contributed by atoms with Crippen LogP contribution >= 0.6 is 0 Å². The molecule has 0 aliphatic carbocycles. The van der Waals surface area contributed by atoms with Crippen molar-refractivity contribution in [1.82, 2.24) is 5.01 Å². The van der Waals surface area contributed by atoms with Gasteiger partial charge in [0.15, 0.2) is 0 Å². The van der Waals surface area contributed by atoms with Gasteiger partial charge >= 0.3 is 6.36 Å². The lowest BCUT2D eigenvalue weighted by Crippen LogP contribution is -2.33. The standard InChI is InChI=1S/C12H13F3N2O/c1-9-7-8-16(2)17(9)10-3-5-11(6-4-10)18-12(13,14)15/h3-7H,8H2,1-2H3. The van der Waals surface area contributed by atoms with Crippen LogP contribution in [0.3, 0.4) is 0 Å². The quantitative estimate of drug-likeness (QED) is 0.810. The number of likely N-dealkylation sites (N-methyl/N-ethyl adjacent to an activating group) is 1. The van der Waals surface area contributed by atoms with Crippen LogP contribution in [0.25, 0.3) is 0 Å². The third-order valence-electron chi connectivity index (χ3n) is 2.64. The van der Waals surface area contributed by atoms with Crippen LogP contribution in [0.5, 0.6) is 5.75 Å². The molecule has 0 amide bonds. The monoisotopic (exact) mass is 258 g/mol. The first-order valence-corrected chi connectivity index (χ1v) is 5.40. The van der Waals surface area contributed by atoms with Crippen LogP contribution in [-0.4, -0.2) is 25.0 Å². The minimum atomic E-state index is -4.65. The molecular weight excluding hydrogens is 245 g/mol. The van der Waals surface area contributed by atoms with Crippen molar-refractivity contribution >= 4 is 5.69 Å². The molecule has 1 aromatic carbocycles. The highest BCUT2D eigenvalue weighted by atomic mass is 19.4. The molecule has 0 saturated heterocycles. The summed E-state index contributed by atoms with van der Waals surface area (Å²) in [5.41, 5.74) is 1.85. The molecule has 1 aliphatic heterocycles. The van der Waals surface area contributed by atoms with Gasteiger partial charge in [-0.05, 0) is 37.3 Å². The summed E-state index contributed by atoms with van der Waals surface area (Å²) in [5.74, 6) is -0.213. The third kappa shape index (κ3) is 2.76. The number of nitrogens with zero attached hydrogens (tertiary/aromatic N) is 2. The molecule has 0 spiro atoms. The predicted octanol–water partition coefficient (Wildman–Crippen LogP) is 3.16. The first-order valence-electron chi connectivity index (χ1n) is 5.40. The molecule has 1 aliphatic rings. The van der Waals surface area contributed by atoms with Gasteiger partial charge in [-0.15, -0.1) is 13.2 Å². The number of hydrogen-bond acceptors (Lipinski definition) is 3. The van der Waals surface area contributed by atoms with E-state index in [2.05, 4.69) is 4.74 Å². The van der Waals surface area contributed by atoms with Gasteiger partial charge in [0.1, 0.15) is 5.75 Å². The molecule has 0 aromatic heterocycles. The van der Waals surface area contributed by atoms with Crippen LogP contribution in [0.2, 0.25) is 0 Å². The third-order valence-corrected chi connectivity index (χ3v) is 2.64. The first-order chi connectivity index (χ1) is 8.37. The van der Waals surface area contributed by atoms with E-state index in [1.807, 2.05) is 30.1 Å². The normalized spacial score (nSPS) is 16.9. The number of hydrazine groups is 1. The van der Waals surface area contributed by atoms with Crippen molar-refractivity contribution < 1.29 is 17.9 Å². The molecule has 0 fully saturated rings. The van der Waals surface area contributed by atoms with Gasteiger partial charge in [0.25, 0.3) is 0 Å². The van der Waals surface area contributed by atoms with Gasteiger partial charge in [-0.2, -0.15) is 0 Å². The number of ether oxygens (including phenoxy) is 1. The number of rotatable bonds is 2. The number of hydrogen-bond donors (Lipinski definition) is 0. The summed E-state index contributed by atoms with van der Waals surface area (Å²) in [5, 5.41) is 3.90. The second-order valence-corrected chi connectivity index (χ2v) is 4.04. The number of benzene rings is 1. The summed E-state index contributed by atoms with van der Waals surface area (Å²) >= 11 is 0. The summed E-state index contributed by atoms with van der Waals surface area (Å²) in [6.07, 6.45) is -2.61. The van der Waals surface area contributed by atoms with E-state index < -0.39 is 6.36 Å². The smallest absolute Gasteiger partial charge is 0.406 e. The zero-order chi connectivity index (χ0) is 13.3. The largest absolute Gasteiger partial charge is 0.573 e. The Hall–Kier alpha value is -1.69. The molecule has 3 nitrogen and oxygen atoms in total. The molecule has 0 atom stereocenters. The van der Waals surface area contributed by atoms with Crippen LogP contribution in [0.15, 0.2) is 36.0 Å². The number of alkyl halides is 3. The van der Waals surface area contributed by atoms with E-state index in [0.29, 0.717) is 0 Å². The molecule has 0 radical (unpaired) electrons. The molecule has 0 unspecified atom stereocenters. The Morgan fingerprint density at radius 3 is 2.22 bits per heavy atom. The maximum Gasteiger partial charge on any atom is 0.573 e. The molecule has 6 heteroatoms. The minimum Gasteiger partial charge on any atom is -0.406 e. The van der Waals surface area contributed by atoms with Gasteiger partial charge in [0.05, 0.1) is 5.69 Å². The van der Waals surface area contributed by atoms with Crippen molar-refractivity contribution in [3.63, 3.8) is 0 Å². The lowest BCUT2D eigenvalue weighted by Gasteiger charge is -2.28. The SMILES string of the molecule is CC1=CCN(C)N1c1ccc(OC(F)(F)F)cc1. The van der Waals surface area contributed by atoms with E-state index in [1.165, 1.54) is 12.1 Å². The average molecular weight is 258 g/mol. The molecule has 98 valence electrons. The summed E-state index contributed by atoms with van der Waals surface area (Å²) in [6.45, 7) is 2.73. The highest BCUT2D eigenvalue weighted by molar-refractivity contribution is 5.53. The fourth-order valence-electron chi connectivity index (χ4n) is 1.89. The molecular formula is C12H13F3N2O. The molecule has 1 aromatic rings. The van der Waals surface area contributed by atoms with Gasteiger partial charge < -0.3 is 4.74 Å². The highest BCUT2D eigenvalue weighted by Crippen LogP contribution is 2.28. The van der Waals surface area contributed by atoms with Crippen LogP contribution in [-0.2, 0) is 0 Å². The van der Waals surface area contributed by atoms with Crippen LogP contribution < -0.4 is 9.75 Å². The van der Waals surface area contributed by atoms with Crippen molar-refractivity contribution in [2.75, 3.05) is 18.6 Å². The second-order valence-electron chi connectivity index (χ2n) is 4.04. The lowest BCUT2D eigenvalue weighted by atomic mass is 10.3. The Bertz CT molecular complexity index is 453. The summed E-state index contributed by atoms with van der Waals surface area (Å²) < 4.78 is 39.9. The highest BCUT2D eigenvalue weighted by Gasteiger charge is 2.31. The Morgan fingerprint density at radius 1 is 1.17 bits per heavy atom. The predicted molar refractivity (Wildman–Crippen MR) is 62.0 cm³/mol. The number of anilines is 1. The topological polar surface area (TPSA) is 15.7 Å². The molecule has 0 bridgehead atoms. The summed E-state index contributed by atoms with van der Waals surface area (Å²) in [7, 11) is 1.91. The zero-order valence-corrected chi connectivity index (χ0v) is 10.0. The van der Waals surface area contributed by atoms with Gasteiger partial charge in [-0.1, -0.05) is 0 Å². The number of allylic oxidation sites excluding steroid dienone is 1. The fourth-order valence-corrected chi connectivity index (χ4v) is 1.89. The molecule has 1 heterocycles. The maximum atomic E-state index is 12.0. The Morgan fingerprint density at radius 2 is 1.78 bits per heavy atom. The van der Waals surface area contributed by atoms with E-state index in [1.54, 1.807) is 12.1 Å². The van der Waals surface area contributed by atoms with Crippen LogP contribution in [0, 0.1) is 0 Å². The van der Waals surface area contributed by atoms with Gasteiger partial charge in [0, 0.05) is 19.3 Å². The second kappa shape index (κ2) is 4.53. The van der Waals surface area contributed by atoms with Crippen LogP contribution in [0.1, 0.15) is 6.92 Å². The van der Waals surface area contributed by atoms with Crippen molar-refractivity contribution in [2.45, 2.75) is 13.3 Å². The Kier molecular flexibility index (Phi) is 3.21. The van der Waals surface area contributed by atoms with Gasteiger partial charge in [-0.3, -0.25) is 5.01 Å². The van der Waals surface area contributed by atoms with E-state index in [4.69, 9.17) is 0 Å². The molecule has 0 N–H and O–H groups in total. The zero-order valence-electron chi connectivity index (χ0n) is 10.0. The fraction of sp³-hybridized carbons (Fsp3) is 0.333. The summed E-state index contributed by atoms with van der Waals surface area (Å²) in [6, 6.07) is 5.81. The van der Waals surface area contributed by atoms with E-state index in [9.17, 15) is 13.2 Å². The van der Waals surface area contributed by atoms with Gasteiger partial charge in [-0.25, -0.2) is 5.01 Å². The van der Waals surface area contributed by atoms with Crippen LogP contribution in [0.4, 0.5) is 18.9 Å². The van der Waals surface area contributed by atoms with E-state index >= 15 is 0 Å². The minimum absolute atomic E-state index is 0.213. The van der Waals surface area contributed by atoms with Crippen molar-refractivity contribution in [1.29, 1.82) is 0 Å². The summed E-state index contributed by atoms with van der Waals surface area (Å²) in [4.78, 5) is 0. The first kappa shape index (κ1) is 12.8. The van der Waals surface area contributed by atoms with E-state index in [-0.39, 0.29) is 5.75 Å². The average Bonchev–Trinajstić information content (AvgIpc) is 2.58. The number of halogens is 3. The lowest BCUT2D eigenvalue weighted by molar-refractivity contribution is -0.274. The molecule has 2 rings (SSSR count). The molecule has 18 heavy (non-hydrogen) atoms.